The van der Waals surface area contributed by atoms with Gasteiger partial charge in [0.25, 0.3) is 5.91 Å². The summed E-state index contributed by atoms with van der Waals surface area (Å²) in [4.78, 5) is 11.2. The second kappa shape index (κ2) is 5.55. The van der Waals surface area contributed by atoms with Crippen LogP contribution in [0.2, 0.25) is 5.02 Å². The number of nitrogens with one attached hydrogen (secondary N) is 1. The Labute approximate surface area is 111 Å². The van der Waals surface area contributed by atoms with Crippen LogP contribution in [0, 0.1) is 6.92 Å². The van der Waals surface area contributed by atoms with E-state index in [4.69, 9.17) is 17.4 Å². The van der Waals surface area contributed by atoms with Gasteiger partial charge in [-0.1, -0.05) is 17.7 Å². The third-order valence-electron chi connectivity index (χ3n) is 2.29. The van der Waals surface area contributed by atoms with Crippen LogP contribution in [0.25, 0.3) is 0 Å². The van der Waals surface area contributed by atoms with E-state index in [2.05, 4.69) is 0 Å². The van der Waals surface area contributed by atoms with Crippen molar-refractivity contribution in [3.05, 3.63) is 28.8 Å². The van der Waals surface area contributed by atoms with E-state index in [9.17, 15) is 13.2 Å². The van der Waals surface area contributed by atoms with Crippen molar-refractivity contribution in [1.82, 2.24) is 5.43 Å². The first kappa shape index (κ1) is 14.7. The second-order valence-electron chi connectivity index (χ2n) is 3.77. The molecule has 0 radical (unpaired) electrons. The number of rotatable bonds is 4. The minimum atomic E-state index is -3.59. The fourth-order valence-corrected chi connectivity index (χ4v) is 2.34. The summed E-state index contributed by atoms with van der Waals surface area (Å²) in [5.74, 6) is 4.33. The number of sulfonamides is 1. The summed E-state index contributed by atoms with van der Waals surface area (Å²) >= 11 is 5.93. The van der Waals surface area contributed by atoms with Gasteiger partial charge in [-0.05, 0) is 24.6 Å². The highest BCUT2D eigenvalue weighted by molar-refractivity contribution is 7.92. The number of nitrogens with zero attached hydrogens (tertiary/aromatic N) is 1. The van der Waals surface area contributed by atoms with Gasteiger partial charge in [-0.15, -0.1) is 0 Å². The van der Waals surface area contributed by atoms with Crippen molar-refractivity contribution in [3.63, 3.8) is 0 Å². The van der Waals surface area contributed by atoms with E-state index in [1.807, 2.05) is 5.43 Å². The number of hydrogen-bond acceptors (Lipinski definition) is 4. The Hall–Kier alpha value is -1.31. The molecule has 1 aromatic rings. The number of hydrogen-bond donors (Lipinski definition) is 2. The highest BCUT2D eigenvalue weighted by Gasteiger charge is 2.20. The third kappa shape index (κ3) is 3.59. The molecule has 0 atom stereocenters. The van der Waals surface area contributed by atoms with Crippen LogP contribution in [0.4, 0.5) is 5.69 Å². The molecule has 0 heterocycles. The van der Waals surface area contributed by atoms with Crippen molar-refractivity contribution in [2.45, 2.75) is 6.92 Å². The van der Waals surface area contributed by atoms with Gasteiger partial charge < -0.3 is 0 Å². The fourth-order valence-electron chi connectivity index (χ4n) is 1.31. The summed E-state index contributed by atoms with van der Waals surface area (Å²) in [6.07, 6.45) is 1.00. The average Bonchev–Trinajstić information content (AvgIpc) is 2.28. The lowest BCUT2D eigenvalue weighted by Gasteiger charge is -2.21. The molecule has 0 aromatic heterocycles. The van der Waals surface area contributed by atoms with Crippen LogP contribution in [0.3, 0.4) is 0 Å². The largest absolute Gasteiger partial charge is 0.293 e. The summed E-state index contributed by atoms with van der Waals surface area (Å²) in [5, 5.41) is 0.425. The summed E-state index contributed by atoms with van der Waals surface area (Å²) in [5.41, 5.74) is 3.02. The van der Waals surface area contributed by atoms with Gasteiger partial charge in [-0.3, -0.25) is 14.5 Å². The van der Waals surface area contributed by atoms with Crippen molar-refractivity contribution < 1.29 is 13.2 Å². The first-order valence-corrected chi connectivity index (χ1v) is 7.21. The van der Waals surface area contributed by atoms with Gasteiger partial charge in [0, 0.05) is 5.02 Å². The van der Waals surface area contributed by atoms with Gasteiger partial charge in [0.15, 0.2) is 0 Å². The van der Waals surface area contributed by atoms with Gasteiger partial charge in [0.1, 0.15) is 6.54 Å². The molecule has 0 aliphatic heterocycles. The van der Waals surface area contributed by atoms with Gasteiger partial charge in [-0.2, -0.15) is 0 Å². The lowest BCUT2D eigenvalue weighted by atomic mass is 10.2. The van der Waals surface area contributed by atoms with E-state index >= 15 is 0 Å². The average molecular weight is 292 g/mol. The van der Waals surface area contributed by atoms with E-state index in [1.165, 1.54) is 6.07 Å². The van der Waals surface area contributed by atoms with Gasteiger partial charge in [0.2, 0.25) is 10.0 Å². The van der Waals surface area contributed by atoms with Crippen molar-refractivity contribution >= 4 is 33.2 Å². The molecule has 0 aliphatic rings. The lowest BCUT2D eigenvalue weighted by molar-refractivity contribution is -0.119. The number of halogens is 1. The standard InChI is InChI=1S/C10H14ClN3O3S/c1-7-3-4-8(5-9(7)11)14(18(2,16)17)6-10(15)13-12/h3-5H,6,12H2,1-2H3,(H,13,15). The highest BCUT2D eigenvalue weighted by atomic mass is 35.5. The minimum Gasteiger partial charge on any atom is -0.293 e. The third-order valence-corrected chi connectivity index (χ3v) is 3.84. The smallest absolute Gasteiger partial charge is 0.254 e. The number of amides is 1. The summed E-state index contributed by atoms with van der Waals surface area (Å²) in [6.45, 7) is 1.40. The maximum atomic E-state index is 11.6. The minimum absolute atomic E-state index is 0.316. The van der Waals surface area contributed by atoms with Crippen molar-refractivity contribution in [2.24, 2.45) is 5.84 Å². The molecule has 1 amide bonds. The number of hydrazine groups is 1. The van der Waals surface area contributed by atoms with Gasteiger partial charge in [0.05, 0.1) is 11.9 Å². The molecule has 3 N–H and O–H groups in total. The van der Waals surface area contributed by atoms with E-state index in [1.54, 1.807) is 19.1 Å². The molecule has 0 unspecified atom stereocenters. The molecule has 0 spiro atoms. The molecule has 1 aromatic carbocycles. The zero-order chi connectivity index (χ0) is 13.9. The van der Waals surface area contributed by atoms with E-state index in [-0.39, 0.29) is 0 Å². The SMILES string of the molecule is Cc1ccc(N(CC(=O)NN)S(C)(=O)=O)cc1Cl. The van der Waals surface area contributed by atoms with Gasteiger partial charge in [-0.25, -0.2) is 14.3 Å². The molecule has 6 nitrogen and oxygen atoms in total. The Bertz CT molecular complexity index is 559. The number of anilines is 1. The number of nitrogens with two attached hydrogens (primary N) is 1. The Balaban J connectivity index is 3.18. The number of aryl methyl sites for hydroxylation is 1. The van der Waals surface area contributed by atoms with Crippen molar-refractivity contribution in [2.75, 3.05) is 17.1 Å². The van der Waals surface area contributed by atoms with E-state index in [0.717, 1.165) is 16.1 Å². The van der Waals surface area contributed by atoms with Crippen molar-refractivity contribution in [3.8, 4) is 0 Å². The monoisotopic (exact) mass is 291 g/mol. The molecule has 0 saturated heterocycles. The van der Waals surface area contributed by atoms with E-state index in [0.29, 0.717) is 10.7 Å². The Kier molecular flexibility index (Phi) is 4.55. The fraction of sp³-hybridized carbons (Fsp3) is 0.300. The van der Waals surface area contributed by atoms with Gasteiger partial charge >= 0.3 is 0 Å². The summed E-state index contributed by atoms with van der Waals surface area (Å²) in [6, 6.07) is 4.74. The molecule has 8 heteroatoms. The van der Waals surface area contributed by atoms with Crippen LogP contribution in [0.1, 0.15) is 5.56 Å². The molecule has 0 saturated carbocycles. The number of carbonyl (C=O) groups excluding carboxylic acids is 1. The molecular formula is C10H14ClN3O3S. The van der Waals surface area contributed by atoms with Crippen molar-refractivity contribution in [1.29, 1.82) is 0 Å². The topological polar surface area (TPSA) is 92.5 Å². The molecule has 0 aliphatic carbocycles. The normalized spacial score (nSPS) is 11.1. The Morgan fingerprint density at radius 3 is 2.56 bits per heavy atom. The molecule has 0 fully saturated rings. The van der Waals surface area contributed by atoms with Crippen LogP contribution < -0.4 is 15.6 Å². The Morgan fingerprint density at radius 1 is 1.50 bits per heavy atom. The molecular weight excluding hydrogens is 278 g/mol. The number of benzene rings is 1. The molecule has 18 heavy (non-hydrogen) atoms. The molecule has 0 bridgehead atoms. The second-order valence-corrected chi connectivity index (χ2v) is 6.08. The highest BCUT2D eigenvalue weighted by Crippen LogP contribution is 2.24. The zero-order valence-corrected chi connectivity index (χ0v) is 11.5. The van der Waals surface area contributed by atoms with Crippen LogP contribution in [-0.4, -0.2) is 27.1 Å². The molecule has 100 valence electrons. The quantitative estimate of drug-likeness (QED) is 0.477. The first-order valence-electron chi connectivity index (χ1n) is 4.99. The maximum absolute atomic E-state index is 11.6. The predicted octanol–water partition coefficient (Wildman–Crippen LogP) is 0.404. The van der Waals surface area contributed by atoms with E-state index < -0.39 is 22.5 Å². The first-order chi connectivity index (χ1) is 8.25. The Morgan fingerprint density at radius 2 is 2.11 bits per heavy atom. The lowest BCUT2D eigenvalue weighted by Crippen LogP contribution is -2.42. The molecule has 1 rings (SSSR count). The maximum Gasteiger partial charge on any atom is 0.254 e. The summed E-state index contributed by atoms with van der Waals surface area (Å²) in [7, 11) is -3.59. The van der Waals surface area contributed by atoms with Crippen LogP contribution >= 0.6 is 11.6 Å². The number of carbonyl (C=O) groups is 1. The zero-order valence-electron chi connectivity index (χ0n) is 9.97. The summed E-state index contributed by atoms with van der Waals surface area (Å²) < 4.78 is 24.2. The van der Waals surface area contributed by atoms with Crippen LogP contribution in [0.5, 0.6) is 0 Å². The van der Waals surface area contributed by atoms with Crippen LogP contribution in [0.15, 0.2) is 18.2 Å². The van der Waals surface area contributed by atoms with Crippen LogP contribution in [-0.2, 0) is 14.8 Å². The predicted molar refractivity (Wildman–Crippen MR) is 70.7 cm³/mol.